The number of benzene rings is 2. The minimum Gasteiger partial charge on any atom is -0.306 e. The minimum absolute atomic E-state index is 0.188. The highest BCUT2D eigenvalue weighted by Gasteiger charge is 2.27. The number of hydrogen-bond acceptors (Lipinski definition) is 6. The molecule has 0 unspecified atom stereocenters. The van der Waals surface area contributed by atoms with Crippen LogP contribution in [0.25, 0.3) is 15.3 Å². The SMILES string of the molecule is Cc1cc(NC(=O)c2ccc(S(=O)(=O)N3CCCC3)cc2)n(-c2nc3c(C)ccc(Cl)c3s2)n1. The van der Waals surface area contributed by atoms with Gasteiger partial charge in [0.25, 0.3) is 5.91 Å². The lowest BCUT2D eigenvalue weighted by molar-refractivity contribution is 0.102. The quantitative estimate of drug-likeness (QED) is 0.412. The standard InChI is InChI=1S/C23H22ClN5O3S2/c1-14-5-10-18(24)21-20(14)26-23(33-21)29-19(13-15(2)27-29)25-22(30)16-6-8-17(9-7-16)34(31,32)28-11-3-4-12-28/h5-10,13H,3-4,11-12H2,1-2H3,(H,25,30). The van der Waals surface area contributed by atoms with Crippen LogP contribution in [0.3, 0.4) is 0 Å². The van der Waals surface area contributed by atoms with Gasteiger partial charge in [-0.1, -0.05) is 29.0 Å². The Kier molecular flexibility index (Phi) is 5.93. The third-order valence-electron chi connectivity index (χ3n) is 5.76. The number of halogens is 1. The Morgan fingerprint density at radius 2 is 1.79 bits per heavy atom. The summed E-state index contributed by atoms with van der Waals surface area (Å²) >= 11 is 7.74. The van der Waals surface area contributed by atoms with E-state index >= 15 is 0 Å². The minimum atomic E-state index is -3.53. The Bertz CT molecular complexity index is 1460. The summed E-state index contributed by atoms with van der Waals surface area (Å²) in [5, 5.41) is 8.56. The smallest absolute Gasteiger partial charge is 0.256 e. The summed E-state index contributed by atoms with van der Waals surface area (Å²) in [5.74, 6) is 0.0886. The van der Waals surface area contributed by atoms with Crippen LogP contribution in [0.15, 0.2) is 47.4 Å². The largest absolute Gasteiger partial charge is 0.306 e. The number of aromatic nitrogens is 3. The Morgan fingerprint density at radius 3 is 2.47 bits per heavy atom. The number of rotatable bonds is 5. The van der Waals surface area contributed by atoms with Gasteiger partial charge in [0.15, 0.2) is 0 Å². The van der Waals surface area contributed by atoms with Gasteiger partial charge in [0.1, 0.15) is 5.82 Å². The van der Waals surface area contributed by atoms with Crippen LogP contribution >= 0.6 is 22.9 Å². The zero-order valence-corrected chi connectivity index (χ0v) is 21.0. The fourth-order valence-corrected chi connectivity index (χ4v) is 6.76. The van der Waals surface area contributed by atoms with Crippen molar-refractivity contribution in [3.63, 3.8) is 0 Å². The van der Waals surface area contributed by atoms with Crippen molar-refractivity contribution in [3.8, 4) is 5.13 Å². The lowest BCUT2D eigenvalue weighted by Gasteiger charge is -2.15. The maximum atomic E-state index is 13.0. The van der Waals surface area contributed by atoms with Crippen LogP contribution in [-0.4, -0.2) is 46.5 Å². The molecule has 11 heteroatoms. The van der Waals surface area contributed by atoms with Crippen LogP contribution in [0.4, 0.5) is 5.82 Å². The van der Waals surface area contributed by atoms with Gasteiger partial charge in [-0.3, -0.25) is 4.79 Å². The van der Waals surface area contributed by atoms with E-state index in [-0.39, 0.29) is 10.8 Å². The highest BCUT2D eigenvalue weighted by Crippen LogP contribution is 2.34. The molecular formula is C23H22ClN5O3S2. The van der Waals surface area contributed by atoms with Gasteiger partial charge < -0.3 is 5.32 Å². The first-order valence-corrected chi connectivity index (χ1v) is 13.4. The van der Waals surface area contributed by atoms with Crippen molar-refractivity contribution in [2.24, 2.45) is 0 Å². The van der Waals surface area contributed by atoms with Gasteiger partial charge in [-0.15, -0.1) is 0 Å². The molecule has 1 fully saturated rings. The fourth-order valence-electron chi connectivity index (χ4n) is 3.96. The maximum absolute atomic E-state index is 13.0. The van der Waals surface area contributed by atoms with Crippen LogP contribution in [0.1, 0.15) is 34.5 Å². The number of nitrogens with one attached hydrogen (secondary N) is 1. The van der Waals surface area contributed by atoms with E-state index in [9.17, 15) is 13.2 Å². The predicted octanol–water partition coefficient (Wildman–Crippen LogP) is 4.79. The van der Waals surface area contributed by atoms with Crippen molar-refractivity contribution in [2.75, 3.05) is 18.4 Å². The summed E-state index contributed by atoms with van der Waals surface area (Å²) in [4.78, 5) is 17.8. The molecule has 0 aliphatic carbocycles. The van der Waals surface area contributed by atoms with Gasteiger partial charge in [-0.25, -0.2) is 13.4 Å². The molecule has 3 heterocycles. The molecule has 2 aromatic carbocycles. The Labute approximate surface area is 206 Å². The molecule has 1 saturated heterocycles. The first kappa shape index (κ1) is 23.0. The molecule has 0 bridgehead atoms. The van der Waals surface area contributed by atoms with Crippen LogP contribution in [-0.2, 0) is 10.0 Å². The van der Waals surface area contributed by atoms with E-state index in [4.69, 9.17) is 11.6 Å². The summed E-state index contributed by atoms with van der Waals surface area (Å²) in [5.41, 5.74) is 2.85. The zero-order chi connectivity index (χ0) is 24.0. The van der Waals surface area contributed by atoms with Gasteiger partial charge in [0.05, 0.1) is 25.8 Å². The monoisotopic (exact) mass is 515 g/mol. The van der Waals surface area contributed by atoms with E-state index < -0.39 is 10.0 Å². The van der Waals surface area contributed by atoms with E-state index in [0.717, 1.165) is 28.6 Å². The van der Waals surface area contributed by atoms with Gasteiger partial charge in [-0.2, -0.15) is 14.1 Å². The lowest BCUT2D eigenvalue weighted by atomic mass is 10.2. The van der Waals surface area contributed by atoms with Crippen molar-refractivity contribution in [2.45, 2.75) is 31.6 Å². The maximum Gasteiger partial charge on any atom is 0.256 e. The summed E-state index contributed by atoms with van der Waals surface area (Å²) in [6.07, 6.45) is 1.74. The highest BCUT2D eigenvalue weighted by atomic mass is 35.5. The number of aryl methyl sites for hydroxylation is 2. The van der Waals surface area contributed by atoms with Gasteiger partial charge >= 0.3 is 0 Å². The molecular weight excluding hydrogens is 494 g/mol. The number of thiazole rings is 1. The lowest BCUT2D eigenvalue weighted by Crippen LogP contribution is -2.27. The topological polar surface area (TPSA) is 97.2 Å². The van der Waals surface area contributed by atoms with Crippen LogP contribution in [0.5, 0.6) is 0 Å². The zero-order valence-electron chi connectivity index (χ0n) is 18.6. The predicted molar refractivity (Wildman–Crippen MR) is 134 cm³/mol. The number of sulfonamides is 1. The van der Waals surface area contributed by atoms with E-state index in [1.54, 1.807) is 10.7 Å². The number of carbonyl (C=O) groups excluding carboxylic acids is 1. The molecule has 1 aliphatic rings. The first-order chi connectivity index (χ1) is 16.2. The van der Waals surface area contributed by atoms with E-state index in [1.807, 2.05) is 26.0 Å². The molecule has 0 radical (unpaired) electrons. The number of carbonyl (C=O) groups is 1. The average molecular weight is 516 g/mol. The molecule has 0 saturated carbocycles. The van der Waals surface area contributed by atoms with E-state index in [2.05, 4.69) is 15.4 Å². The van der Waals surface area contributed by atoms with Crippen LogP contribution in [0, 0.1) is 13.8 Å². The molecule has 176 valence electrons. The molecule has 1 N–H and O–H groups in total. The van der Waals surface area contributed by atoms with Crippen molar-refractivity contribution in [1.82, 2.24) is 19.1 Å². The Morgan fingerprint density at radius 1 is 1.09 bits per heavy atom. The Hall–Kier alpha value is -2.79. The highest BCUT2D eigenvalue weighted by molar-refractivity contribution is 7.89. The van der Waals surface area contributed by atoms with Crippen molar-refractivity contribution >= 4 is 54.9 Å². The second-order valence-electron chi connectivity index (χ2n) is 8.21. The first-order valence-electron chi connectivity index (χ1n) is 10.8. The average Bonchev–Trinajstić information content (AvgIpc) is 3.56. The van der Waals surface area contributed by atoms with Gasteiger partial charge in [0, 0.05) is 24.7 Å². The molecule has 5 rings (SSSR count). The van der Waals surface area contributed by atoms with Crippen LogP contribution < -0.4 is 5.32 Å². The van der Waals surface area contributed by atoms with Gasteiger partial charge in [-0.05, 0) is 62.6 Å². The number of anilines is 1. The second-order valence-corrected chi connectivity index (χ2v) is 11.5. The third kappa shape index (κ3) is 4.11. The molecule has 0 spiro atoms. The van der Waals surface area contributed by atoms with Crippen molar-refractivity contribution in [3.05, 3.63) is 64.3 Å². The third-order valence-corrected chi connectivity index (χ3v) is 9.16. The molecule has 0 atom stereocenters. The summed E-state index contributed by atoms with van der Waals surface area (Å²) < 4.78 is 29.4. The molecule has 8 nitrogen and oxygen atoms in total. The Balaban J connectivity index is 1.41. The van der Waals surface area contributed by atoms with E-state index in [0.29, 0.717) is 40.3 Å². The molecule has 4 aromatic rings. The molecule has 34 heavy (non-hydrogen) atoms. The molecule has 1 aliphatic heterocycles. The summed E-state index contributed by atoms with van der Waals surface area (Å²) in [7, 11) is -3.53. The number of hydrogen-bond donors (Lipinski definition) is 1. The van der Waals surface area contributed by atoms with E-state index in [1.165, 1.54) is 39.9 Å². The number of amides is 1. The number of fused-ring (bicyclic) bond motifs is 1. The van der Waals surface area contributed by atoms with Crippen molar-refractivity contribution in [1.29, 1.82) is 0 Å². The van der Waals surface area contributed by atoms with Crippen molar-refractivity contribution < 1.29 is 13.2 Å². The van der Waals surface area contributed by atoms with Crippen LogP contribution in [0.2, 0.25) is 5.02 Å². The van der Waals surface area contributed by atoms with Gasteiger partial charge in [0.2, 0.25) is 15.2 Å². The normalized spacial score (nSPS) is 14.7. The second kappa shape index (κ2) is 8.77. The molecule has 1 amide bonds. The number of nitrogens with zero attached hydrogens (tertiary/aromatic N) is 4. The fraction of sp³-hybridized carbons (Fsp3) is 0.261. The summed E-state index contributed by atoms with van der Waals surface area (Å²) in [6, 6.07) is 11.5. The molecule has 2 aromatic heterocycles. The summed E-state index contributed by atoms with van der Waals surface area (Å²) in [6.45, 7) is 4.86.